The first-order chi connectivity index (χ1) is 7.91. The van der Waals surface area contributed by atoms with Crippen LogP contribution in [0.25, 0.3) is 0 Å². The van der Waals surface area contributed by atoms with Gasteiger partial charge in [0.25, 0.3) is 0 Å². The predicted octanol–water partition coefficient (Wildman–Crippen LogP) is 4.45. The largest absolute Gasteiger partial charge is 0.0623 e. The summed E-state index contributed by atoms with van der Waals surface area (Å²) < 4.78 is 0. The number of rotatable bonds is 1. The quantitative estimate of drug-likeness (QED) is 0.433. The van der Waals surface area contributed by atoms with Gasteiger partial charge >= 0.3 is 40.8 Å². The molecular weight excluding hydrogens is 565 g/mol. The summed E-state index contributed by atoms with van der Waals surface area (Å²) in [6.07, 6.45) is 3.32. The molecule has 0 aromatic heterocycles. The van der Waals surface area contributed by atoms with Gasteiger partial charge in [-0.1, -0.05) is 79.7 Å². The van der Waals surface area contributed by atoms with E-state index in [4.69, 9.17) is 0 Å². The summed E-state index contributed by atoms with van der Waals surface area (Å²) >= 11 is 0. The first kappa shape index (κ1) is 22.9. The third kappa shape index (κ3) is 21.1. The maximum atomic E-state index is 2.12. The normalized spacial score (nSPS) is 7.00. The van der Waals surface area contributed by atoms with E-state index in [1.807, 2.05) is 72.8 Å². The molecule has 2 radical (unpaired) electrons. The van der Waals surface area contributed by atoms with Crippen LogP contribution < -0.4 is 0 Å². The second-order valence-electron chi connectivity index (χ2n) is 3.13. The molecule has 0 amide bonds. The number of benzene rings is 2. The zero-order valence-corrected chi connectivity index (χ0v) is 16.9. The molecule has 0 nitrogen and oxygen atoms in total. The molecule has 0 saturated carbocycles. The summed E-state index contributed by atoms with van der Waals surface area (Å²) in [7, 11) is 0. The molecule has 0 heterocycles. The van der Waals surface area contributed by atoms with E-state index < -0.39 is 0 Å². The molecular formula is C16H23Re2-. The van der Waals surface area contributed by atoms with Crippen LogP contribution in [-0.4, -0.2) is 0 Å². The molecule has 0 unspecified atom stereocenters. The molecule has 18 heavy (non-hydrogen) atoms. The zero-order chi connectivity index (χ0) is 11.9. The van der Waals surface area contributed by atoms with Crippen molar-refractivity contribution in [3.8, 4) is 0 Å². The van der Waals surface area contributed by atoms with Crippen LogP contribution in [-0.2, 0) is 40.8 Å². The van der Waals surface area contributed by atoms with Crippen molar-refractivity contribution >= 4 is 0 Å². The molecule has 0 aliphatic rings. The van der Waals surface area contributed by atoms with Gasteiger partial charge in [-0.3, -0.25) is 0 Å². The Morgan fingerprint density at radius 2 is 0.667 bits per heavy atom. The second kappa shape index (κ2) is 22.0. The Labute approximate surface area is 140 Å². The molecule has 0 bridgehead atoms. The van der Waals surface area contributed by atoms with Gasteiger partial charge in [-0.2, -0.15) is 13.3 Å². The van der Waals surface area contributed by atoms with Crippen molar-refractivity contribution < 1.29 is 40.8 Å². The number of hydrogen-bond acceptors (Lipinski definition) is 0. The molecule has 2 rings (SSSR count). The van der Waals surface area contributed by atoms with E-state index in [-0.39, 0.29) is 40.8 Å². The van der Waals surface area contributed by atoms with Gasteiger partial charge in [0, 0.05) is 0 Å². The van der Waals surface area contributed by atoms with Gasteiger partial charge < -0.3 is 6.42 Å². The molecule has 2 aromatic carbocycles. The Morgan fingerprint density at radius 1 is 0.556 bits per heavy atom. The molecule has 102 valence electrons. The van der Waals surface area contributed by atoms with Gasteiger partial charge in [-0.15, -0.1) is 0 Å². The van der Waals surface area contributed by atoms with E-state index in [2.05, 4.69) is 20.3 Å². The van der Waals surface area contributed by atoms with Gasteiger partial charge in [-0.25, -0.2) is 0 Å². The Balaban J connectivity index is -0.000000182. The van der Waals surface area contributed by atoms with Crippen LogP contribution in [0.4, 0.5) is 0 Å². The molecule has 0 aliphatic carbocycles. The molecule has 2 aromatic rings. The standard InChI is InChI=1S/2C6H6.C4H9.2Re.2H/c2*1-2-4-6-5-3-1;1-3-4-2;;;;/h2*1-6H;3H,4H2,1-2H3;;;;/q;;-1;;;;. The summed E-state index contributed by atoms with van der Waals surface area (Å²) in [5.74, 6) is 0. The molecule has 0 N–H and O–H groups in total. The fourth-order valence-electron chi connectivity index (χ4n) is 0.770. The third-order valence-corrected chi connectivity index (χ3v) is 1.74. The fourth-order valence-corrected chi connectivity index (χ4v) is 0.770. The first-order valence-electron chi connectivity index (χ1n) is 5.69. The van der Waals surface area contributed by atoms with Gasteiger partial charge in [0.2, 0.25) is 0 Å². The SMILES string of the molecule is C[CH-]CC.[ReH].[ReH].c1ccccc1.c1ccccc1. The van der Waals surface area contributed by atoms with Crippen molar-refractivity contribution in [2.75, 3.05) is 0 Å². The van der Waals surface area contributed by atoms with Crippen molar-refractivity contribution in [3.63, 3.8) is 0 Å². The van der Waals surface area contributed by atoms with E-state index in [1.54, 1.807) is 0 Å². The Hall–Kier alpha value is -0.235. The molecule has 0 aliphatic heterocycles. The monoisotopic (exact) mass is 589 g/mol. The van der Waals surface area contributed by atoms with Crippen LogP contribution >= 0.6 is 0 Å². The summed E-state index contributed by atoms with van der Waals surface area (Å²) in [5, 5.41) is 0. The van der Waals surface area contributed by atoms with E-state index >= 15 is 0 Å². The van der Waals surface area contributed by atoms with Crippen molar-refractivity contribution in [2.24, 2.45) is 0 Å². The molecule has 0 saturated heterocycles. The van der Waals surface area contributed by atoms with Gasteiger partial charge in [0.15, 0.2) is 0 Å². The third-order valence-electron chi connectivity index (χ3n) is 1.74. The number of unbranched alkanes of at least 4 members (excludes halogenated alkanes) is 1. The maximum absolute atomic E-state index is 2.12. The van der Waals surface area contributed by atoms with Crippen LogP contribution in [0.1, 0.15) is 20.3 Å². The van der Waals surface area contributed by atoms with Crippen LogP contribution in [0.3, 0.4) is 0 Å². The van der Waals surface area contributed by atoms with Crippen molar-refractivity contribution in [1.82, 2.24) is 0 Å². The van der Waals surface area contributed by atoms with Gasteiger partial charge in [-0.05, 0) is 0 Å². The van der Waals surface area contributed by atoms with E-state index in [9.17, 15) is 0 Å². The van der Waals surface area contributed by atoms with Crippen molar-refractivity contribution in [1.29, 1.82) is 0 Å². The Morgan fingerprint density at radius 3 is 0.722 bits per heavy atom. The average molecular weight is 588 g/mol. The van der Waals surface area contributed by atoms with Crippen molar-refractivity contribution in [3.05, 3.63) is 79.2 Å². The smallest absolute Gasteiger partial charge is 0.0623 e. The fraction of sp³-hybridized carbons (Fsp3) is 0.188. The summed E-state index contributed by atoms with van der Waals surface area (Å²) in [5.41, 5.74) is 0. The molecule has 0 spiro atoms. The predicted molar refractivity (Wildman–Crippen MR) is 75.9 cm³/mol. The van der Waals surface area contributed by atoms with E-state index in [0.717, 1.165) is 0 Å². The van der Waals surface area contributed by atoms with Crippen molar-refractivity contribution in [2.45, 2.75) is 20.3 Å². The zero-order valence-electron chi connectivity index (χ0n) is 11.0. The minimum atomic E-state index is 0. The van der Waals surface area contributed by atoms with Gasteiger partial charge in [0.1, 0.15) is 0 Å². The van der Waals surface area contributed by atoms with Crippen LogP contribution in [0, 0.1) is 6.42 Å². The topological polar surface area (TPSA) is 0 Å². The van der Waals surface area contributed by atoms with Gasteiger partial charge in [0.05, 0.1) is 0 Å². The maximum Gasteiger partial charge on any atom is -0.0623 e. The number of hydrogen-bond donors (Lipinski definition) is 0. The van der Waals surface area contributed by atoms with Crippen LogP contribution in [0.15, 0.2) is 72.8 Å². The summed E-state index contributed by atoms with van der Waals surface area (Å²) in [6.45, 7) is 4.18. The molecule has 0 fully saturated rings. The van der Waals surface area contributed by atoms with E-state index in [0.29, 0.717) is 0 Å². The minimum Gasteiger partial charge on any atom is -0.0623 e. The molecule has 2 heteroatoms. The Bertz CT molecular complexity index is 208. The summed E-state index contributed by atoms with van der Waals surface area (Å²) in [6, 6.07) is 24.0. The second-order valence-corrected chi connectivity index (χ2v) is 3.13. The Kier molecular flexibility index (Phi) is 28.0. The molecule has 0 atom stereocenters. The minimum absolute atomic E-state index is 0. The first-order valence-corrected chi connectivity index (χ1v) is 5.69. The van der Waals surface area contributed by atoms with Crippen LogP contribution in [0.2, 0.25) is 0 Å². The van der Waals surface area contributed by atoms with E-state index in [1.165, 1.54) is 6.42 Å². The van der Waals surface area contributed by atoms with Crippen LogP contribution in [0.5, 0.6) is 0 Å². The summed E-state index contributed by atoms with van der Waals surface area (Å²) in [4.78, 5) is 0. The average Bonchev–Trinajstić information content (AvgIpc) is 2.44.